The van der Waals surface area contributed by atoms with Crippen molar-refractivity contribution in [3.8, 4) is 17.0 Å². The lowest BCUT2D eigenvalue weighted by molar-refractivity contribution is -0.274. The van der Waals surface area contributed by atoms with Gasteiger partial charge in [-0.05, 0) is 31.2 Å². The topological polar surface area (TPSA) is 72.0 Å². The third-order valence-electron chi connectivity index (χ3n) is 3.38. The zero-order valence-corrected chi connectivity index (χ0v) is 14.3. The van der Waals surface area contributed by atoms with Gasteiger partial charge in [0.25, 0.3) is 0 Å². The molecule has 0 aliphatic carbocycles. The lowest BCUT2D eigenvalue weighted by Gasteiger charge is -2.12. The number of alkyl halides is 3. The lowest BCUT2D eigenvalue weighted by Crippen LogP contribution is -2.17. The fourth-order valence-corrected chi connectivity index (χ4v) is 2.34. The number of nitrogens with zero attached hydrogens (tertiary/aromatic N) is 3. The highest BCUT2D eigenvalue weighted by molar-refractivity contribution is 5.67. The van der Waals surface area contributed by atoms with E-state index in [-0.39, 0.29) is 5.75 Å². The normalized spacial score (nSPS) is 11.1. The lowest BCUT2D eigenvalue weighted by atomic mass is 10.2. The quantitative estimate of drug-likeness (QED) is 0.655. The van der Waals surface area contributed by atoms with Crippen molar-refractivity contribution in [1.82, 2.24) is 15.0 Å². The summed E-state index contributed by atoms with van der Waals surface area (Å²) in [5, 5.41) is 6.02. The van der Waals surface area contributed by atoms with Gasteiger partial charge in [0.15, 0.2) is 0 Å². The number of hydrogen-bond acceptors (Lipinski definition) is 6. The number of hydrogen-bond donors (Lipinski definition) is 2. The van der Waals surface area contributed by atoms with Crippen LogP contribution in [0, 0.1) is 0 Å². The molecule has 3 rings (SSSR count). The minimum Gasteiger partial charge on any atom is -0.406 e. The van der Waals surface area contributed by atoms with Crippen LogP contribution < -0.4 is 15.4 Å². The fraction of sp³-hybridized carbons (Fsp3) is 0.167. The Morgan fingerprint density at radius 3 is 2.52 bits per heavy atom. The number of nitrogens with one attached hydrogen (secondary N) is 2. The van der Waals surface area contributed by atoms with Crippen LogP contribution in [0.25, 0.3) is 11.3 Å². The fourth-order valence-electron chi connectivity index (χ4n) is 2.34. The van der Waals surface area contributed by atoms with Gasteiger partial charge >= 0.3 is 6.36 Å². The van der Waals surface area contributed by atoms with Gasteiger partial charge in [-0.3, -0.25) is 4.98 Å². The minimum absolute atomic E-state index is 0.317. The van der Waals surface area contributed by atoms with E-state index in [2.05, 4.69) is 30.3 Å². The molecule has 0 saturated heterocycles. The van der Waals surface area contributed by atoms with Crippen LogP contribution in [0.2, 0.25) is 0 Å². The molecule has 1 aromatic carbocycles. The number of ether oxygens (including phenoxy) is 1. The Labute approximate surface area is 153 Å². The molecule has 27 heavy (non-hydrogen) atoms. The summed E-state index contributed by atoms with van der Waals surface area (Å²) in [6, 6.07) is 10.9. The predicted molar refractivity (Wildman–Crippen MR) is 95.8 cm³/mol. The second-order valence-electron chi connectivity index (χ2n) is 5.43. The number of halogens is 3. The maximum absolute atomic E-state index is 12.4. The summed E-state index contributed by atoms with van der Waals surface area (Å²) >= 11 is 0. The molecular formula is C18H16F3N5O. The van der Waals surface area contributed by atoms with Crippen LogP contribution >= 0.6 is 0 Å². The molecule has 6 nitrogen and oxygen atoms in total. The number of anilines is 3. The molecule has 2 N–H and O–H groups in total. The number of aromatic nitrogens is 3. The molecule has 0 bridgehead atoms. The highest BCUT2D eigenvalue weighted by atomic mass is 19.4. The molecule has 3 aromatic rings. The molecular weight excluding hydrogens is 359 g/mol. The van der Waals surface area contributed by atoms with E-state index in [1.165, 1.54) is 18.2 Å². The van der Waals surface area contributed by atoms with Crippen molar-refractivity contribution in [2.45, 2.75) is 13.3 Å². The first-order valence-electron chi connectivity index (χ1n) is 8.09. The summed E-state index contributed by atoms with van der Waals surface area (Å²) in [6.07, 6.45) is -1.45. The predicted octanol–water partition coefficient (Wildman–Crippen LogP) is 4.61. The van der Waals surface area contributed by atoms with Gasteiger partial charge < -0.3 is 15.4 Å². The van der Waals surface area contributed by atoms with Crippen LogP contribution in [0.3, 0.4) is 0 Å². The summed E-state index contributed by atoms with van der Waals surface area (Å²) in [5.74, 6) is 0.511. The van der Waals surface area contributed by atoms with E-state index >= 15 is 0 Å². The molecule has 0 saturated carbocycles. The summed E-state index contributed by atoms with van der Waals surface area (Å²) < 4.78 is 41.1. The van der Waals surface area contributed by atoms with E-state index in [4.69, 9.17) is 0 Å². The van der Waals surface area contributed by atoms with Crippen molar-refractivity contribution < 1.29 is 17.9 Å². The third-order valence-corrected chi connectivity index (χ3v) is 3.38. The van der Waals surface area contributed by atoms with Gasteiger partial charge in [-0.25, -0.2) is 4.98 Å². The van der Waals surface area contributed by atoms with E-state index in [0.717, 1.165) is 5.56 Å². The standard InChI is InChI=1S/C18H16F3N5O/c1-2-23-17-25-15(12-6-8-22-9-7-12)11-16(26-17)24-13-4-3-5-14(10-13)27-18(19,20)21/h3-11H,2H2,1H3,(H2,23,24,25,26). The van der Waals surface area contributed by atoms with E-state index in [0.29, 0.717) is 29.7 Å². The molecule has 0 radical (unpaired) electrons. The van der Waals surface area contributed by atoms with Crippen LogP contribution in [-0.4, -0.2) is 27.9 Å². The van der Waals surface area contributed by atoms with Gasteiger partial charge in [0, 0.05) is 42.3 Å². The van der Waals surface area contributed by atoms with Crippen LogP contribution in [-0.2, 0) is 0 Å². The zero-order valence-electron chi connectivity index (χ0n) is 14.3. The first-order valence-corrected chi connectivity index (χ1v) is 8.09. The highest BCUT2D eigenvalue weighted by Gasteiger charge is 2.31. The smallest absolute Gasteiger partial charge is 0.406 e. The van der Waals surface area contributed by atoms with Crippen LogP contribution in [0.4, 0.5) is 30.6 Å². The SMILES string of the molecule is CCNc1nc(Nc2cccc(OC(F)(F)F)c2)cc(-c2ccncc2)n1. The van der Waals surface area contributed by atoms with Crippen LogP contribution in [0.15, 0.2) is 54.9 Å². The molecule has 0 aliphatic heterocycles. The summed E-state index contributed by atoms with van der Waals surface area (Å²) in [4.78, 5) is 12.8. The molecule has 0 aliphatic rings. The molecule has 0 atom stereocenters. The van der Waals surface area contributed by atoms with Gasteiger partial charge in [-0.1, -0.05) is 6.07 Å². The Kier molecular flexibility index (Phi) is 5.39. The van der Waals surface area contributed by atoms with Crippen molar-refractivity contribution in [3.05, 3.63) is 54.9 Å². The second-order valence-corrected chi connectivity index (χ2v) is 5.43. The Morgan fingerprint density at radius 1 is 1.04 bits per heavy atom. The average molecular weight is 375 g/mol. The summed E-state index contributed by atoms with van der Waals surface area (Å²) in [7, 11) is 0. The third kappa shape index (κ3) is 5.30. The molecule has 0 unspecified atom stereocenters. The average Bonchev–Trinajstić information content (AvgIpc) is 2.61. The number of rotatable bonds is 6. The Morgan fingerprint density at radius 2 is 1.81 bits per heavy atom. The minimum atomic E-state index is -4.75. The number of pyridine rings is 1. The zero-order chi connectivity index (χ0) is 19.3. The van der Waals surface area contributed by atoms with Crippen molar-refractivity contribution in [1.29, 1.82) is 0 Å². The van der Waals surface area contributed by atoms with Crippen LogP contribution in [0.1, 0.15) is 6.92 Å². The van der Waals surface area contributed by atoms with Crippen molar-refractivity contribution in [3.63, 3.8) is 0 Å². The second kappa shape index (κ2) is 7.90. The largest absolute Gasteiger partial charge is 0.573 e. The maximum atomic E-state index is 12.4. The van der Waals surface area contributed by atoms with E-state index in [9.17, 15) is 13.2 Å². The van der Waals surface area contributed by atoms with Gasteiger partial charge in [0.2, 0.25) is 5.95 Å². The molecule has 140 valence electrons. The Hall–Kier alpha value is -3.36. The van der Waals surface area contributed by atoms with Gasteiger partial charge in [0.1, 0.15) is 11.6 Å². The molecule has 0 fully saturated rings. The van der Waals surface area contributed by atoms with E-state index in [1.54, 1.807) is 36.7 Å². The van der Waals surface area contributed by atoms with Gasteiger partial charge in [0.05, 0.1) is 5.69 Å². The molecule has 2 heterocycles. The molecule has 2 aromatic heterocycles. The number of benzene rings is 1. The monoisotopic (exact) mass is 375 g/mol. The maximum Gasteiger partial charge on any atom is 0.573 e. The first kappa shape index (κ1) is 18.4. The van der Waals surface area contributed by atoms with E-state index < -0.39 is 6.36 Å². The van der Waals surface area contributed by atoms with Crippen molar-refractivity contribution in [2.75, 3.05) is 17.2 Å². The molecule has 9 heteroatoms. The summed E-state index contributed by atoms with van der Waals surface area (Å²) in [6.45, 7) is 2.53. The van der Waals surface area contributed by atoms with Gasteiger partial charge in [-0.15, -0.1) is 13.2 Å². The van der Waals surface area contributed by atoms with Crippen molar-refractivity contribution in [2.24, 2.45) is 0 Å². The molecule has 0 amide bonds. The van der Waals surface area contributed by atoms with E-state index in [1.807, 2.05) is 6.92 Å². The summed E-state index contributed by atoms with van der Waals surface area (Å²) in [5.41, 5.74) is 1.89. The van der Waals surface area contributed by atoms with Gasteiger partial charge in [-0.2, -0.15) is 4.98 Å². The van der Waals surface area contributed by atoms with Crippen molar-refractivity contribution >= 4 is 17.5 Å². The Bertz CT molecular complexity index is 903. The Balaban J connectivity index is 1.90. The first-order chi connectivity index (χ1) is 12.9. The highest BCUT2D eigenvalue weighted by Crippen LogP contribution is 2.28. The van der Waals surface area contributed by atoms with Crippen LogP contribution in [0.5, 0.6) is 5.75 Å². The molecule has 0 spiro atoms.